The van der Waals surface area contributed by atoms with E-state index in [1.165, 1.54) is 11.3 Å². The number of halogens is 1. The second-order valence-electron chi connectivity index (χ2n) is 7.98. The Morgan fingerprint density at radius 3 is 2.62 bits per heavy atom. The van der Waals surface area contributed by atoms with Gasteiger partial charge >= 0.3 is 0 Å². The van der Waals surface area contributed by atoms with Gasteiger partial charge in [-0.3, -0.25) is 9.20 Å². The molecule has 5 nitrogen and oxygen atoms in total. The Morgan fingerprint density at radius 1 is 1.24 bits per heavy atom. The van der Waals surface area contributed by atoms with E-state index in [9.17, 15) is 4.21 Å². The first-order valence-electron chi connectivity index (χ1n) is 9.05. The normalized spacial score (nSPS) is 26.3. The molecule has 8 heteroatoms. The van der Waals surface area contributed by atoms with Crippen LogP contribution >= 0.6 is 22.9 Å². The van der Waals surface area contributed by atoms with E-state index >= 15 is 0 Å². The average molecular weight is 448 g/mol. The van der Waals surface area contributed by atoms with Crippen LogP contribution in [0.4, 0.5) is 0 Å². The Hall–Kier alpha value is -2.09. The summed E-state index contributed by atoms with van der Waals surface area (Å²) in [5.41, 5.74) is 7.38. The van der Waals surface area contributed by atoms with Gasteiger partial charge < -0.3 is 10.3 Å². The van der Waals surface area contributed by atoms with Crippen LogP contribution in [0.15, 0.2) is 52.1 Å². The van der Waals surface area contributed by atoms with E-state index in [1.807, 2.05) is 57.2 Å². The van der Waals surface area contributed by atoms with Crippen LogP contribution in [0.1, 0.15) is 25.6 Å². The molecular formula is C21H22ClN3O2S2. The smallest absolute Gasteiger partial charge is 0.166 e. The molecule has 0 bridgehead atoms. The molecule has 29 heavy (non-hydrogen) atoms. The summed E-state index contributed by atoms with van der Waals surface area (Å²) in [7, 11) is -2.50. The predicted molar refractivity (Wildman–Crippen MR) is 123 cm³/mol. The molecule has 152 valence electrons. The summed E-state index contributed by atoms with van der Waals surface area (Å²) in [6, 6.07) is 11.7. The lowest BCUT2D eigenvalue weighted by molar-refractivity contribution is 0.432. The zero-order valence-electron chi connectivity index (χ0n) is 16.4. The number of hydrogen-bond donors (Lipinski definition) is 1. The second kappa shape index (κ2) is 6.72. The third kappa shape index (κ3) is 3.31. The summed E-state index contributed by atoms with van der Waals surface area (Å²) in [6.45, 7) is 5.58. The molecule has 0 radical (unpaired) electrons. The Balaban J connectivity index is 1.78. The third-order valence-corrected chi connectivity index (χ3v) is 10.4. The van der Waals surface area contributed by atoms with Crippen molar-refractivity contribution < 1.29 is 8.73 Å². The zero-order chi connectivity index (χ0) is 21.0. The largest absolute Gasteiger partial charge is 0.386 e. The Morgan fingerprint density at radius 2 is 1.97 bits per heavy atom. The van der Waals surface area contributed by atoms with Crippen LogP contribution in [0.5, 0.6) is 0 Å². The van der Waals surface area contributed by atoms with Crippen LogP contribution in [0, 0.1) is 0 Å². The lowest BCUT2D eigenvalue weighted by atomic mass is 10.0. The molecule has 1 unspecified atom stereocenters. The van der Waals surface area contributed by atoms with Gasteiger partial charge in [-0.15, -0.1) is 11.3 Å². The van der Waals surface area contributed by atoms with Crippen LogP contribution in [-0.2, 0) is 15.1 Å². The SMILES string of the molecule is C=S1(=O)C[C@@](C)(c2sc(-c3cccc(-c4ccno4)c3)cc2Cl)N=C(N)C1(C)C. The fourth-order valence-electron chi connectivity index (χ4n) is 3.44. The third-order valence-electron chi connectivity index (χ3n) is 5.47. The highest BCUT2D eigenvalue weighted by molar-refractivity contribution is 8.02. The molecule has 0 saturated carbocycles. The summed E-state index contributed by atoms with van der Waals surface area (Å²) in [4.78, 5) is 6.57. The van der Waals surface area contributed by atoms with Crippen LogP contribution in [0.2, 0.25) is 5.02 Å². The van der Waals surface area contributed by atoms with Crippen LogP contribution < -0.4 is 5.73 Å². The Kier molecular flexibility index (Phi) is 4.68. The standard InChI is InChI=1S/C21H22ClN3O2S2/c1-20(2)19(23)25-21(3,12-29(20,4)26)18-15(22)11-17(28-18)14-7-5-6-13(10-14)16-8-9-24-27-16/h5-11H,4,12H2,1-3H3,(H2,23,25)/t21-,29?/m0/s1. The summed E-state index contributed by atoms with van der Waals surface area (Å²) in [6.07, 6.45) is 1.62. The molecule has 0 aliphatic carbocycles. The van der Waals surface area contributed by atoms with Crippen molar-refractivity contribution in [1.29, 1.82) is 0 Å². The van der Waals surface area contributed by atoms with Crippen LogP contribution in [0.3, 0.4) is 0 Å². The molecule has 1 aromatic carbocycles. The molecule has 3 heterocycles. The fourth-order valence-corrected chi connectivity index (χ4v) is 7.07. The first-order chi connectivity index (χ1) is 13.5. The zero-order valence-corrected chi connectivity index (χ0v) is 18.8. The maximum atomic E-state index is 13.3. The van der Waals surface area contributed by atoms with Gasteiger partial charge in [0.25, 0.3) is 0 Å². The van der Waals surface area contributed by atoms with Gasteiger partial charge in [0.2, 0.25) is 0 Å². The molecule has 0 amide bonds. The fraction of sp³-hybridized carbons (Fsp3) is 0.286. The first kappa shape index (κ1) is 20.2. The van der Waals surface area contributed by atoms with E-state index < -0.39 is 19.8 Å². The highest BCUT2D eigenvalue weighted by Crippen LogP contribution is 2.46. The van der Waals surface area contributed by atoms with E-state index in [2.05, 4.69) is 11.0 Å². The minimum atomic E-state index is -2.50. The lowest BCUT2D eigenvalue weighted by Gasteiger charge is -2.40. The minimum Gasteiger partial charge on any atom is -0.386 e. The number of aromatic nitrogens is 1. The van der Waals surface area contributed by atoms with E-state index in [1.54, 1.807) is 6.20 Å². The van der Waals surface area contributed by atoms with Crippen molar-refractivity contribution in [3.63, 3.8) is 0 Å². The van der Waals surface area contributed by atoms with E-state index in [4.69, 9.17) is 26.9 Å². The van der Waals surface area contributed by atoms with Gasteiger partial charge in [0.1, 0.15) is 11.4 Å². The maximum absolute atomic E-state index is 13.3. The molecule has 2 N–H and O–H groups in total. The predicted octanol–water partition coefficient (Wildman–Crippen LogP) is 4.80. The van der Waals surface area contributed by atoms with Gasteiger partial charge in [-0.05, 0) is 53.9 Å². The molecule has 0 spiro atoms. The van der Waals surface area contributed by atoms with Crippen molar-refractivity contribution in [2.45, 2.75) is 31.1 Å². The van der Waals surface area contributed by atoms with Crippen molar-refractivity contribution in [1.82, 2.24) is 5.16 Å². The molecular weight excluding hydrogens is 426 g/mol. The lowest BCUT2D eigenvalue weighted by Crippen LogP contribution is -2.54. The van der Waals surface area contributed by atoms with Crippen molar-refractivity contribution >= 4 is 44.2 Å². The number of benzene rings is 1. The number of hydrogen-bond acceptors (Lipinski definition) is 6. The van der Waals surface area contributed by atoms with Gasteiger partial charge in [0.05, 0.1) is 20.8 Å². The van der Waals surface area contributed by atoms with E-state index in [0.29, 0.717) is 22.4 Å². The number of nitrogens with two attached hydrogens (primary N) is 1. The average Bonchev–Trinajstić information content (AvgIpc) is 3.30. The minimum absolute atomic E-state index is 0.297. The summed E-state index contributed by atoms with van der Waals surface area (Å²) in [5, 5.41) is 4.36. The monoisotopic (exact) mass is 447 g/mol. The Bertz CT molecular complexity index is 1210. The summed E-state index contributed by atoms with van der Waals surface area (Å²) >= 11 is 8.16. The van der Waals surface area contributed by atoms with Gasteiger partial charge in [-0.2, -0.15) is 0 Å². The molecule has 0 saturated heterocycles. The summed E-state index contributed by atoms with van der Waals surface area (Å²) < 4.78 is 17.8. The quantitative estimate of drug-likeness (QED) is 0.584. The van der Waals surface area contributed by atoms with Crippen molar-refractivity contribution in [2.75, 3.05) is 5.75 Å². The molecule has 3 aromatic rings. The number of amidine groups is 1. The number of rotatable bonds is 3. The molecule has 1 aliphatic rings. The van der Waals surface area contributed by atoms with Gasteiger partial charge in [0.15, 0.2) is 5.76 Å². The van der Waals surface area contributed by atoms with Crippen molar-refractivity contribution in [2.24, 2.45) is 10.7 Å². The molecule has 4 rings (SSSR count). The van der Waals surface area contributed by atoms with Crippen molar-refractivity contribution in [3.05, 3.63) is 52.5 Å². The van der Waals surface area contributed by atoms with E-state index in [0.717, 1.165) is 20.9 Å². The molecule has 2 aromatic heterocycles. The van der Waals surface area contributed by atoms with Crippen LogP contribution in [-0.4, -0.2) is 31.6 Å². The van der Waals surface area contributed by atoms with E-state index in [-0.39, 0.29) is 0 Å². The first-order valence-corrected chi connectivity index (χ1v) is 12.1. The van der Waals surface area contributed by atoms with Crippen LogP contribution in [0.25, 0.3) is 21.8 Å². The number of aliphatic imine (C=N–C) groups is 1. The van der Waals surface area contributed by atoms with Gasteiger partial charge in [-0.1, -0.05) is 35.0 Å². The highest BCUT2D eigenvalue weighted by atomic mass is 35.5. The number of nitrogens with zero attached hydrogens (tertiary/aromatic N) is 2. The molecule has 2 atom stereocenters. The molecule has 1 aliphatic heterocycles. The Labute approximate surface area is 179 Å². The maximum Gasteiger partial charge on any atom is 0.166 e. The topological polar surface area (TPSA) is 81.5 Å². The van der Waals surface area contributed by atoms with Crippen molar-refractivity contribution in [3.8, 4) is 21.8 Å². The van der Waals surface area contributed by atoms with Gasteiger partial charge in [-0.25, -0.2) is 0 Å². The second-order valence-corrected chi connectivity index (χ2v) is 12.4. The number of thiophene rings is 1. The molecule has 0 fully saturated rings. The highest BCUT2D eigenvalue weighted by Gasteiger charge is 2.46. The summed E-state index contributed by atoms with van der Waals surface area (Å²) in [5.74, 6) is 5.35. The van der Waals surface area contributed by atoms with Gasteiger partial charge in [0, 0.05) is 22.3 Å².